The van der Waals surface area contributed by atoms with Crippen molar-refractivity contribution in [1.29, 1.82) is 0 Å². The molecular weight excluding hydrogens is 152 g/mol. The van der Waals surface area contributed by atoms with Gasteiger partial charge in [0, 0.05) is 0 Å². The quantitative estimate of drug-likeness (QED) is 0.349. The van der Waals surface area contributed by atoms with Crippen molar-refractivity contribution in [2.24, 2.45) is 0 Å². The Morgan fingerprint density at radius 2 is 1.55 bits per heavy atom. The summed E-state index contributed by atoms with van der Waals surface area (Å²) in [4.78, 5) is 9.87. The van der Waals surface area contributed by atoms with E-state index in [-0.39, 0.29) is 6.29 Å². The number of hydrogen-bond donors (Lipinski definition) is 4. The lowest BCUT2D eigenvalue weighted by molar-refractivity contribution is -0.132. The van der Waals surface area contributed by atoms with Gasteiger partial charge in [0.05, 0.1) is 6.10 Å². The molecule has 0 aromatic rings. The Hall–Kier alpha value is -0.490. The molecule has 0 aliphatic heterocycles. The summed E-state index contributed by atoms with van der Waals surface area (Å²) in [5.74, 6) is 0. The monoisotopic (exact) mass is 164 g/mol. The molecule has 0 saturated carbocycles. The number of aliphatic hydroxyl groups excluding tert-OH is 4. The predicted molar refractivity (Wildman–Crippen MR) is 35.8 cm³/mol. The van der Waals surface area contributed by atoms with Gasteiger partial charge >= 0.3 is 0 Å². The van der Waals surface area contributed by atoms with E-state index < -0.39 is 24.4 Å². The molecule has 0 bridgehead atoms. The average Bonchev–Trinajstić information content (AvgIpc) is 2.00. The molecule has 0 amide bonds. The second kappa shape index (κ2) is 4.40. The summed E-state index contributed by atoms with van der Waals surface area (Å²) in [6, 6.07) is 0. The van der Waals surface area contributed by atoms with E-state index in [1.807, 2.05) is 0 Å². The zero-order valence-corrected chi connectivity index (χ0v) is 6.08. The van der Waals surface area contributed by atoms with Crippen LogP contribution in [0.3, 0.4) is 0 Å². The van der Waals surface area contributed by atoms with Crippen molar-refractivity contribution in [3.05, 3.63) is 0 Å². The molecule has 0 aromatic heterocycles. The molecule has 4 N–H and O–H groups in total. The SMILES string of the molecule is C[C@@H](O)[C@@H](O)[C@@H](O)[C@H](O)C=O. The van der Waals surface area contributed by atoms with E-state index in [1.54, 1.807) is 0 Å². The molecule has 0 unspecified atom stereocenters. The Bertz CT molecular complexity index is 124. The lowest BCUT2D eigenvalue weighted by Gasteiger charge is -2.21. The summed E-state index contributed by atoms with van der Waals surface area (Å²) in [6.45, 7) is 1.24. The normalized spacial score (nSPS) is 21.9. The smallest absolute Gasteiger partial charge is 0.151 e. The summed E-state index contributed by atoms with van der Waals surface area (Å²) in [5, 5.41) is 35.1. The van der Waals surface area contributed by atoms with E-state index in [0.29, 0.717) is 0 Å². The Morgan fingerprint density at radius 1 is 1.09 bits per heavy atom. The van der Waals surface area contributed by atoms with E-state index in [9.17, 15) is 4.79 Å². The molecule has 0 aromatic carbocycles. The molecule has 0 radical (unpaired) electrons. The van der Waals surface area contributed by atoms with Gasteiger partial charge in [-0.05, 0) is 6.92 Å². The van der Waals surface area contributed by atoms with Crippen molar-refractivity contribution < 1.29 is 25.2 Å². The molecule has 4 atom stereocenters. The van der Waals surface area contributed by atoms with Gasteiger partial charge in [-0.1, -0.05) is 0 Å². The van der Waals surface area contributed by atoms with Crippen molar-refractivity contribution in [3.8, 4) is 0 Å². The van der Waals surface area contributed by atoms with Crippen molar-refractivity contribution in [3.63, 3.8) is 0 Å². The van der Waals surface area contributed by atoms with Crippen molar-refractivity contribution in [1.82, 2.24) is 0 Å². The van der Waals surface area contributed by atoms with Crippen LogP contribution in [-0.4, -0.2) is 51.1 Å². The van der Waals surface area contributed by atoms with Crippen LogP contribution < -0.4 is 0 Å². The number of rotatable bonds is 4. The van der Waals surface area contributed by atoms with E-state index in [2.05, 4.69) is 0 Å². The van der Waals surface area contributed by atoms with Crippen molar-refractivity contribution in [2.75, 3.05) is 0 Å². The minimum Gasteiger partial charge on any atom is -0.391 e. The Labute approximate surface area is 63.9 Å². The molecule has 11 heavy (non-hydrogen) atoms. The molecule has 5 nitrogen and oxygen atoms in total. The number of aldehydes is 1. The third kappa shape index (κ3) is 2.94. The van der Waals surface area contributed by atoms with Crippen molar-refractivity contribution >= 4 is 6.29 Å². The lowest BCUT2D eigenvalue weighted by atomic mass is 10.1. The van der Waals surface area contributed by atoms with Gasteiger partial charge in [0.1, 0.15) is 18.3 Å². The van der Waals surface area contributed by atoms with Gasteiger partial charge in [-0.2, -0.15) is 0 Å². The lowest BCUT2D eigenvalue weighted by Crippen LogP contribution is -2.43. The highest BCUT2D eigenvalue weighted by atomic mass is 16.4. The maximum absolute atomic E-state index is 9.87. The third-order valence-electron chi connectivity index (χ3n) is 1.33. The van der Waals surface area contributed by atoms with E-state index in [0.717, 1.165) is 0 Å². The van der Waals surface area contributed by atoms with Crippen LogP contribution in [0, 0.1) is 0 Å². The highest BCUT2D eigenvalue weighted by Gasteiger charge is 2.27. The number of carbonyl (C=O) groups is 1. The van der Waals surface area contributed by atoms with Crippen LogP contribution >= 0.6 is 0 Å². The van der Waals surface area contributed by atoms with Crippen LogP contribution in [0.1, 0.15) is 6.92 Å². The van der Waals surface area contributed by atoms with Gasteiger partial charge in [0.25, 0.3) is 0 Å². The largest absolute Gasteiger partial charge is 0.391 e. The minimum absolute atomic E-state index is 0.0935. The van der Waals surface area contributed by atoms with Crippen molar-refractivity contribution in [2.45, 2.75) is 31.3 Å². The van der Waals surface area contributed by atoms with E-state index >= 15 is 0 Å². The maximum Gasteiger partial charge on any atom is 0.151 e. The molecule has 0 fully saturated rings. The predicted octanol–water partition coefficient (Wildman–Crippen LogP) is -2.35. The summed E-state index contributed by atoms with van der Waals surface area (Å²) in [6.07, 6.45) is -5.88. The van der Waals surface area contributed by atoms with E-state index in [4.69, 9.17) is 20.4 Å². The molecule has 66 valence electrons. The number of aliphatic hydroxyl groups is 4. The number of carbonyl (C=O) groups excluding carboxylic acids is 1. The first kappa shape index (κ1) is 10.5. The molecule has 0 rings (SSSR count). The zero-order chi connectivity index (χ0) is 9.02. The van der Waals surface area contributed by atoms with E-state index in [1.165, 1.54) is 6.92 Å². The topological polar surface area (TPSA) is 98.0 Å². The summed E-state index contributed by atoms with van der Waals surface area (Å²) < 4.78 is 0. The first-order chi connectivity index (χ1) is 5.00. The molecule has 0 aliphatic carbocycles. The fourth-order valence-corrected chi connectivity index (χ4v) is 0.568. The average molecular weight is 164 g/mol. The van der Waals surface area contributed by atoms with Gasteiger partial charge < -0.3 is 25.2 Å². The molecule has 0 aliphatic rings. The molecule has 0 spiro atoms. The second-order valence-electron chi connectivity index (χ2n) is 2.35. The van der Waals surface area contributed by atoms with Gasteiger partial charge in [-0.3, -0.25) is 0 Å². The summed E-state index contributed by atoms with van der Waals surface area (Å²) >= 11 is 0. The molecule has 0 saturated heterocycles. The fourth-order valence-electron chi connectivity index (χ4n) is 0.568. The second-order valence-corrected chi connectivity index (χ2v) is 2.35. The standard InChI is InChI=1S/C6H12O5/c1-3(8)5(10)6(11)4(9)2-7/h2-6,8-11H,1H3/t3-,4-,5-,6+/m1/s1. The van der Waals surface area contributed by atoms with Gasteiger partial charge in [-0.15, -0.1) is 0 Å². The number of hydrogen-bond acceptors (Lipinski definition) is 5. The highest BCUT2D eigenvalue weighted by molar-refractivity contribution is 5.56. The zero-order valence-electron chi connectivity index (χ0n) is 6.08. The van der Waals surface area contributed by atoms with Crippen LogP contribution in [0.15, 0.2) is 0 Å². The Balaban J connectivity index is 4.00. The van der Waals surface area contributed by atoms with Gasteiger partial charge in [0.15, 0.2) is 6.29 Å². The molecular formula is C6H12O5. The van der Waals surface area contributed by atoms with Crippen LogP contribution in [0.25, 0.3) is 0 Å². The fraction of sp³-hybridized carbons (Fsp3) is 0.833. The van der Waals surface area contributed by atoms with Crippen LogP contribution in [0.2, 0.25) is 0 Å². The maximum atomic E-state index is 9.87. The van der Waals surface area contributed by atoms with Gasteiger partial charge in [0.2, 0.25) is 0 Å². The first-order valence-corrected chi connectivity index (χ1v) is 3.18. The van der Waals surface area contributed by atoms with Gasteiger partial charge in [-0.25, -0.2) is 0 Å². The Morgan fingerprint density at radius 3 is 1.82 bits per heavy atom. The summed E-state index contributed by atoms with van der Waals surface area (Å²) in [5.41, 5.74) is 0. The van der Waals surface area contributed by atoms with Crippen LogP contribution in [0.5, 0.6) is 0 Å². The highest BCUT2D eigenvalue weighted by Crippen LogP contribution is 2.02. The molecule has 0 heterocycles. The third-order valence-corrected chi connectivity index (χ3v) is 1.33. The molecule has 5 heteroatoms. The van der Waals surface area contributed by atoms with Crippen LogP contribution in [-0.2, 0) is 4.79 Å². The first-order valence-electron chi connectivity index (χ1n) is 3.18. The summed E-state index contributed by atoms with van der Waals surface area (Å²) in [7, 11) is 0. The van der Waals surface area contributed by atoms with Crippen LogP contribution in [0.4, 0.5) is 0 Å². The minimum atomic E-state index is -1.65. The Kier molecular flexibility index (Phi) is 4.20.